The van der Waals surface area contributed by atoms with Gasteiger partial charge in [-0.15, -0.1) is 32.9 Å². The van der Waals surface area contributed by atoms with E-state index in [4.69, 9.17) is 42.5 Å². The number of nitrogens with two attached hydrogens (primary N) is 1. The van der Waals surface area contributed by atoms with E-state index in [-0.39, 0.29) is 89.2 Å². The Hall–Kier alpha value is -13.8. The van der Waals surface area contributed by atoms with Crippen LogP contribution in [0.15, 0.2) is 263 Å². The number of primary sulfonamides is 1. The Morgan fingerprint density at radius 1 is 0.470 bits per heavy atom. The second-order valence-electron chi connectivity index (χ2n) is 29.9. The van der Waals surface area contributed by atoms with Crippen LogP contribution in [-0.4, -0.2) is 154 Å². The van der Waals surface area contributed by atoms with E-state index in [1.54, 1.807) is 160 Å². The van der Waals surface area contributed by atoms with Crippen LogP contribution in [-0.2, 0) is 115 Å². The van der Waals surface area contributed by atoms with Crippen LogP contribution in [0.2, 0.25) is 0 Å². The van der Waals surface area contributed by atoms with Gasteiger partial charge in [0.2, 0.25) is 20.5 Å². The van der Waals surface area contributed by atoms with Crippen LogP contribution < -0.4 is 48.9 Å². The first kappa shape index (κ1) is 97.7. The number of sulfonamides is 2. The molecule has 31 nitrogen and oxygen atoms in total. The molecule has 0 saturated carbocycles. The monoisotopic (exact) mass is 1940 g/mol. The highest BCUT2D eigenvalue weighted by molar-refractivity contribution is 7.92. The number of ether oxygens (including phenoxy) is 7. The second-order valence-corrected chi connectivity index (χ2v) is 37.2. The van der Waals surface area contributed by atoms with E-state index in [2.05, 4.69) is 45.9 Å². The second kappa shape index (κ2) is 42.8. The Labute approximate surface area is 770 Å². The normalized spacial score (nSPS) is 12.9. The molecule has 14 rings (SSSR count). The molecule has 0 aliphatic heterocycles. The molecular formula is C91H83F7N12O19S5. The number of aromatic nitrogens is 8. The van der Waals surface area contributed by atoms with Crippen molar-refractivity contribution in [2.45, 2.75) is 101 Å². The Balaban J connectivity index is 0.000000259. The van der Waals surface area contributed by atoms with Crippen LogP contribution in [0, 0.1) is 6.92 Å². The number of carboxylic acids is 1. The van der Waals surface area contributed by atoms with E-state index in [9.17, 15) is 80.3 Å². The summed E-state index contributed by atoms with van der Waals surface area (Å²) in [6, 6.07) is 55.2. The fourth-order valence-corrected chi connectivity index (χ4v) is 19.0. The van der Waals surface area contributed by atoms with Gasteiger partial charge in [-0.05, 0) is 167 Å². The number of hydrogen-bond donors (Lipinski definition) is 5. The first-order valence-electron chi connectivity index (χ1n) is 40.4. The van der Waals surface area contributed by atoms with Crippen molar-refractivity contribution in [2.75, 3.05) is 47.8 Å². The maximum Gasteiger partial charge on any atom is 0.416 e. The number of thiazole rings is 2. The number of esters is 1. The van der Waals surface area contributed by atoms with E-state index >= 15 is 0 Å². The third-order valence-electron chi connectivity index (χ3n) is 20.6. The number of rotatable bonds is 40. The van der Waals surface area contributed by atoms with Gasteiger partial charge in [-0.25, -0.2) is 55.3 Å². The summed E-state index contributed by atoms with van der Waals surface area (Å²) in [6.07, 6.45) is -6.80. The van der Waals surface area contributed by atoms with Crippen LogP contribution in [0.5, 0.6) is 34.5 Å². The topological polar surface area (TPSA) is 414 Å². The highest BCUT2D eigenvalue weighted by Gasteiger charge is 2.43. The Bertz CT molecular complexity index is 6740. The number of benzene rings is 10. The third kappa shape index (κ3) is 25.1. The molecule has 0 bridgehead atoms. The molecule has 0 unspecified atom stereocenters. The molecular weight excluding hydrogens is 1860 g/mol. The molecule has 10 aromatic carbocycles. The summed E-state index contributed by atoms with van der Waals surface area (Å²) >= 11 is 1.81. The highest BCUT2D eigenvalue weighted by atomic mass is 32.3. The van der Waals surface area contributed by atoms with Crippen molar-refractivity contribution in [3.05, 3.63) is 316 Å². The average Bonchev–Trinajstić information content (AvgIpc) is 1.12. The van der Waals surface area contributed by atoms with Crippen molar-refractivity contribution in [2.24, 2.45) is 5.14 Å². The number of nitrogens with one attached hydrogen (secondary N) is 3. The van der Waals surface area contributed by atoms with Crippen LogP contribution in [0.25, 0.3) is 20.4 Å². The Kier molecular flexibility index (Phi) is 31.2. The smallest absolute Gasteiger partial charge is 0.416 e. The van der Waals surface area contributed by atoms with Gasteiger partial charge in [0.25, 0.3) is 30.2 Å². The maximum atomic E-state index is 14.8. The summed E-state index contributed by atoms with van der Waals surface area (Å²) in [5.41, 5.74) is 2.57. The molecule has 0 radical (unpaired) electrons. The number of nitrogens with zero attached hydrogens (tertiary/aromatic N) is 8. The van der Waals surface area contributed by atoms with Gasteiger partial charge in [0.1, 0.15) is 115 Å². The molecule has 0 fully saturated rings. The SMILES string of the molecule is COC(=O)[C@H](Cc1ccc(C(F)(F)F)cc1)NC(=O)[C@H](Cc1ccc(OCCOS(=O)(=O)c2ccc(C)cc2)cc1)n1cc(COc2ccc3nc(S(=O)(=O)NC(c4ccccc4)(c4ccc(OC)cc4)c4ccc(OC)cc4)sc3c2)nn1.NS(=O)(=O)c1nc2ccc(OCc3cn([C@@H](Cc4ccc(OCCF)cc4)C(=O)N[C@@H](Cc4ccc(C(F)(F)F)cc4)C(=O)O)nn3)cc2s1. The molecule has 14 aromatic rings. The minimum atomic E-state index is -4.59. The van der Waals surface area contributed by atoms with E-state index < -0.39 is 114 Å². The number of carbonyl (C=O) groups excluding carboxylic acids is 3. The van der Waals surface area contributed by atoms with Crippen molar-refractivity contribution < 1.29 is 118 Å². The van der Waals surface area contributed by atoms with Gasteiger partial charge >= 0.3 is 24.3 Å². The van der Waals surface area contributed by atoms with E-state index in [1.807, 2.05) is 37.3 Å². The standard InChI is InChI=1S/C60H55F3N6O12S3.C31H28F4N6O7S2/c1-39-10-29-51(30-11-39)84(74,75)81-33-32-79-49-22-14-41(15-23-49)35-54(56(70)64-53(57(71)78-4)34-40-12-16-45(17-13-40)60(61,62)63)69-37-46(66-68-69)38-80-50-28-31-52-55(36-50)82-58(65-52)83(72,73)67-59(42-8-6-5-7-9-42,43-18-24-47(76-2)25-19-43)44-20-26-48(77-3)27-21-44;32-11-12-47-22-7-3-19(4-8-22)14-26(28(42)37-25(29(43)44)13-18-1-5-20(6-2-18)31(33,34)35)41-16-21(39-40-41)17-48-23-9-10-24-27(15-23)49-30(38-24)50(36,45)46/h5-31,36-37,53-54,67H,32-35,38H2,1-4H3,(H,64,70);1-10,15-16,25-26H,11-14,17H2,(H,37,42)(H,43,44)(H2,36,45,46)/t53-,54-;25-,26-/m00/s1. The number of carbonyl (C=O) groups is 4. The summed E-state index contributed by atoms with van der Waals surface area (Å²) in [7, 11) is -8.21. The molecule has 2 amide bonds. The minimum absolute atomic E-state index is 0.0000699. The molecule has 0 aliphatic carbocycles. The first-order chi connectivity index (χ1) is 63.9. The van der Waals surface area contributed by atoms with Crippen LogP contribution in [0.3, 0.4) is 0 Å². The van der Waals surface area contributed by atoms with Crippen LogP contribution in [0.4, 0.5) is 30.7 Å². The summed E-state index contributed by atoms with van der Waals surface area (Å²) in [4.78, 5) is 61.9. The summed E-state index contributed by atoms with van der Waals surface area (Å²) in [6.45, 7) is 0.336. The number of carboxylic acid groups (broad SMARTS) is 1. The fraction of sp³-hybridized carbons (Fsp3) is 0.231. The molecule has 4 heterocycles. The lowest BCUT2D eigenvalue weighted by Crippen LogP contribution is -2.47. The zero-order chi connectivity index (χ0) is 95.7. The predicted molar refractivity (Wildman–Crippen MR) is 475 cm³/mol. The molecule has 6 N–H and O–H groups in total. The lowest BCUT2D eigenvalue weighted by atomic mass is 9.78. The van der Waals surface area contributed by atoms with Gasteiger partial charge in [-0.3, -0.25) is 13.8 Å². The number of hydrogen-bond acceptors (Lipinski definition) is 26. The molecule has 4 atom stereocenters. The fourth-order valence-electron chi connectivity index (χ4n) is 13.8. The molecule has 43 heteroatoms. The van der Waals surface area contributed by atoms with Crippen molar-refractivity contribution in [1.82, 2.24) is 55.3 Å². The number of fused-ring (bicyclic) bond motifs is 2. The number of halogens is 7. The van der Waals surface area contributed by atoms with Gasteiger partial charge in [-0.2, -0.15) is 39.5 Å². The van der Waals surface area contributed by atoms with E-state index in [1.165, 1.54) is 46.0 Å². The van der Waals surface area contributed by atoms with Crippen molar-refractivity contribution >= 4 is 97.0 Å². The van der Waals surface area contributed by atoms with Crippen molar-refractivity contribution in [1.29, 1.82) is 0 Å². The first-order valence-corrected chi connectivity index (χ1v) is 46.5. The van der Waals surface area contributed by atoms with E-state index in [0.29, 0.717) is 88.3 Å². The minimum Gasteiger partial charge on any atom is -0.497 e. The number of aliphatic carboxylic acids is 1. The highest BCUT2D eigenvalue weighted by Crippen LogP contribution is 2.42. The summed E-state index contributed by atoms with van der Waals surface area (Å²) in [5, 5.41) is 36.9. The van der Waals surface area contributed by atoms with Gasteiger partial charge in [-0.1, -0.05) is 131 Å². The largest absolute Gasteiger partial charge is 0.497 e. The molecule has 4 aromatic heterocycles. The molecule has 0 saturated heterocycles. The lowest BCUT2D eigenvalue weighted by Gasteiger charge is -2.36. The van der Waals surface area contributed by atoms with E-state index in [0.717, 1.165) is 71.7 Å². The van der Waals surface area contributed by atoms with Gasteiger partial charge < -0.3 is 48.9 Å². The zero-order valence-corrected chi connectivity index (χ0v) is 75.3. The molecule has 0 aliphatic rings. The molecule has 0 spiro atoms. The number of alkyl halides is 7. The summed E-state index contributed by atoms with van der Waals surface area (Å²) < 4.78 is 220. The van der Waals surface area contributed by atoms with Crippen molar-refractivity contribution in [3.63, 3.8) is 0 Å². The average molecular weight is 1940 g/mol. The lowest BCUT2D eigenvalue weighted by molar-refractivity contribution is -0.145. The van der Waals surface area contributed by atoms with Crippen LogP contribution in [0.1, 0.15) is 79.1 Å². The zero-order valence-electron chi connectivity index (χ0n) is 71.2. The van der Waals surface area contributed by atoms with Gasteiger partial charge in [0.05, 0.1) is 70.2 Å². The molecule has 134 heavy (non-hydrogen) atoms. The van der Waals surface area contributed by atoms with Crippen LogP contribution >= 0.6 is 22.7 Å². The van der Waals surface area contributed by atoms with Crippen molar-refractivity contribution in [3.8, 4) is 34.5 Å². The maximum absolute atomic E-state index is 14.8. The Morgan fingerprint density at radius 2 is 0.873 bits per heavy atom. The quantitative estimate of drug-likeness (QED) is 0.00783. The Morgan fingerprint density at radius 3 is 1.31 bits per heavy atom. The number of methoxy groups -OCH3 is 3. The molecule has 700 valence electrons. The number of amides is 2. The van der Waals surface area contributed by atoms with Gasteiger partial charge in [0.15, 0.2) is 0 Å². The summed E-state index contributed by atoms with van der Waals surface area (Å²) in [5.74, 6) is -1.15. The number of aryl methyl sites for hydroxylation is 1. The predicted octanol–water partition coefficient (Wildman–Crippen LogP) is 13.6. The van der Waals surface area contributed by atoms with Gasteiger partial charge in [0, 0.05) is 25.7 Å². The third-order valence-corrected chi connectivity index (χ3v) is 27.1.